The first-order valence-electron chi connectivity index (χ1n) is 9.99. The summed E-state index contributed by atoms with van der Waals surface area (Å²) >= 11 is 0. The topological polar surface area (TPSA) is 84.5 Å². The molecule has 0 heterocycles. The molecular formula is C24H24N2O4S. The fraction of sp³-hybridized carbons (Fsp3) is 0.208. The SMILES string of the molecule is COc1ccc(NC(=O)c2cccc(-c3ccccc3S(=O)(=O)NC3(C)CC3)c2)cc1. The number of anilines is 1. The van der Waals surface area contributed by atoms with Crippen molar-refractivity contribution in [2.75, 3.05) is 12.4 Å². The normalized spacial score (nSPS) is 14.6. The van der Waals surface area contributed by atoms with E-state index >= 15 is 0 Å². The number of hydrogen-bond acceptors (Lipinski definition) is 4. The van der Waals surface area contributed by atoms with E-state index in [1.165, 1.54) is 0 Å². The third-order valence-electron chi connectivity index (χ3n) is 5.34. The fourth-order valence-electron chi connectivity index (χ4n) is 3.31. The Morgan fingerprint density at radius 1 is 0.968 bits per heavy atom. The lowest BCUT2D eigenvalue weighted by Gasteiger charge is -2.16. The average Bonchev–Trinajstić information content (AvgIpc) is 3.50. The third kappa shape index (κ3) is 4.78. The van der Waals surface area contributed by atoms with Crippen LogP contribution in [0.25, 0.3) is 11.1 Å². The van der Waals surface area contributed by atoms with Crippen LogP contribution in [0.3, 0.4) is 0 Å². The van der Waals surface area contributed by atoms with Crippen molar-refractivity contribution in [3.05, 3.63) is 78.4 Å². The van der Waals surface area contributed by atoms with Crippen molar-refractivity contribution in [2.24, 2.45) is 0 Å². The summed E-state index contributed by atoms with van der Waals surface area (Å²) in [6, 6.07) is 20.8. The smallest absolute Gasteiger partial charge is 0.255 e. The number of ether oxygens (including phenoxy) is 1. The maximum Gasteiger partial charge on any atom is 0.255 e. The van der Waals surface area contributed by atoms with E-state index in [0.717, 1.165) is 12.8 Å². The molecule has 1 aliphatic carbocycles. The molecule has 0 aromatic heterocycles. The van der Waals surface area contributed by atoms with E-state index in [4.69, 9.17) is 4.74 Å². The minimum Gasteiger partial charge on any atom is -0.497 e. The predicted octanol–water partition coefficient (Wildman–Crippen LogP) is 4.45. The summed E-state index contributed by atoms with van der Waals surface area (Å²) in [5, 5.41) is 2.85. The Balaban J connectivity index is 1.62. The van der Waals surface area contributed by atoms with Gasteiger partial charge in [-0.2, -0.15) is 0 Å². The summed E-state index contributed by atoms with van der Waals surface area (Å²) < 4.78 is 33.9. The first-order chi connectivity index (χ1) is 14.8. The van der Waals surface area contributed by atoms with E-state index in [9.17, 15) is 13.2 Å². The van der Waals surface area contributed by atoms with Gasteiger partial charge in [-0.1, -0.05) is 30.3 Å². The zero-order valence-electron chi connectivity index (χ0n) is 17.4. The fourth-order valence-corrected chi connectivity index (χ4v) is 5.01. The van der Waals surface area contributed by atoms with Gasteiger partial charge in [0.05, 0.1) is 12.0 Å². The van der Waals surface area contributed by atoms with E-state index in [-0.39, 0.29) is 16.3 Å². The van der Waals surface area contributed by atoms with Gasteiger partial charge < -0.3 is 10.1 Å². The van der Waals surface area contributed by atoms with Crippen LogP contribution in [-0.2, 0) is 10.0 Å². The first kappa shape index (κ1) is 21.1. The highest BCUT2D eigenvalue weighted by atomic mass is 32.2. The number of benzene rings is 3. The summed E-state index contributed by atoms with van der Waals surface area (Å²) in [5.74, 6) is 0.419. The van der Waals surface area contributed by atoms with Crippen LogP contribution >= 0.6 is 0 Å². The quantitative estimate of drug-likeness (QED) is 0.573. The minimum absolute atomic E-state index is 0.204. The van der Waals surface area contributed by atoms with Gasteiger partial charge in [0.2, 0.25) is 10.0 Å². The van der Waals surface area contributed by atoms with Crippen LogP contribution in [0.5, 0.6) is 5.75 Å². The van der Waals surface area contributed by atoms with Crippen molar-refractivity contribution >= 4 is 21.6 Å². The molecule has 1 amide bonds. The number of nitrogens with one attached hydrogen (secondary N) is 2. The van der Waals surface area contributed by atoms with E-state index in [1.54, 1.807) is 79.9 Å². The van der Waals surface area contributed by atoms with E-state index < -0.39 is 10.0 Å². The zero-order chi connectivity index (χ0) is 22.1. The predicted molar refractivity (Wildman–Crippen MR) is 121 cm³/mol. The molecule has 1 fully saturated rings. The number of hydrogen-bond donors (Lipinski definition) is 2. The molecule has 4 rings (SSSR count). The summed E-state index contributed by atoms with van der Waals surface area (Å²) in [7, 11) is -2.10. The van der Waals surface area contributed by atoms with Crippen molar-refractivity contribution in [2.45, 2.75) is 30.2 Å². The van der Waals surface area contributed by atoms with Gasteiger partial charge in [0.25, 0.3) is 5.91 Å². The van der Waals surface area contributed by atoms with Gasteiger partial charge in [0.1, 0.15) is 5.75 Å². The number of carbonyl (C=O) groups is 1. The summed E-state index contributed by atoms with van der Waals surface area (Å²) in [4.78, 5) is 13.0. The lowest BCUT2D eigenvalue weighted by atomic mass is 10.0. The van der Waals surface area contributed by atoms with E-state index in [1.807, 2.05) is 6.92 Å². The monoisotopic (exact) mass is 436 g/mol. The highest BCUT2D eigenvalue weighted by Crippen LogP contribution is 2.37. The highest BCUT2D eigenvalue weighted by Gasteiger charge is 2.41. The molecule has 0 atom stereocenters. The van der Waals surface area contributed by atoms with Crippen molar-refractivity contribution in [1.29, 1.82) is 0 Å². The van der Waals surface area contributed by atoms with Crippen LogP contribution in [0, 0.1) is 0 Å². The molecule has 3 aromatic carbocycles. The van der Waals surface area contributed by atoms with Crippen molar-refractivity contribution < 1.29 is 17.9 Å². The molecule has 0 spiro atoms. The molecule has 31 heavy (non-hydrogen) atoms. The van der Waals surface area contributed by atoms with Gasteiger partial charge in [-0.3, -0.25) is 4.79 Å². The molecule has 0 aliphatic heterocycles. The second-order valence-electron chi connectivity index (χ2n) is 7.93. The van der Waals surface area contributed by atoms with Crippen LogP contribution in [0.15, 0.2) is 77.7 Å². The second-order valence-corrected chi connectivity index (χ2v) is 9.58. The van der Waals surface area contributed by atoms with Gasteiger partial charge in [-0.25, -0.2) is 13.1 Å². The minimum atomic E-state index is -3.68. The maximum atomic E-state index is 13.0. The lowest BCUT2D eigenvalue weighted by Crippen LogP contribution is -2.34. The Morgan fingerprint density at radius 3 is 2.35 bits per heavy atom. The Bertz CT molecular complexity index is 1220. The molecule has 6 nitrogen and oxygen atoms in total. The summed E-state index contributed by atoms with van der Waals surface area (Å²) in [5.41, 5.74) is 1.91. The van der Waals surface area contributed by atoms with Gasteiger partial charge in [-0.15, -0.1) is 0 Å². The summed E-state index contributed by atoms with van der Waals surface area (Å²) in [6.07, 6.45) is 1.66. The molecule has 1 saturated carbocycles. The Morgan fingerprint density at radius 2 is 1.68 bits per heavy atom. The molecule has 7 heteroatoms. The molecule has 160 valence electrons. The number of amides is 1. The van der Waals surface area contributed by atoms with Crippen molar-refractivity contribution in [1.82, 2.24) is 4.72 Å². The van der Waals surface area contributed by atoms with Crippen molar-refractivity contribution in [3.8, 4) is 16.9 Å². The van der Waals surface area contributed by atoms with E-state index in [2.05, 4.69) is 10.0 Å². The molecular weight excluding hydrogens is 412 g/mol. The first-order valence-corrected chi connectivity index (χ1v) is 11.5. The van der Waals surface area contributed by atoms with Crippen LogP contribution in [0.2, 0.25) is 0 Å². The third-order valence-corrected chi connectivity index (χ3v) is 7.04. The number of methoxy groups -OCH3 is 1. The van der Waals surface area contributed by atoms with Crippen LogP contribution in [0.4, 0.5) is 5.69 Å². The van der Waals surface area contributed by atoms with Crippen LogP contribution < -0.4 is 14.8 Å². The maximum absolute atomic E-state index is 13.0. The molecule has 0 bridgehead atoms. The van der Waals surface area contributed by atoms with Crippen LogP contribution in [0.1, 0.15) is 30.1 Å². The number of rotatable bonds is 7. The van der Waals surface area contributed by atoms with Gasteiger partial charge in [0, 0.05) is 22.4 Å². The number of carbonyl (C=O) groups excluding carboxylic acids is 1. The van der Waals surface area contributed by atoms with Gasteiger partial charge in [-0.05, 0) is 67.8 Å². The van der Waals surface area contributed by atoms with E-state index in [0.29, 0.717) is 28.1 Å². The molecule has 2 N–H and O–H groups in total. The zero-order valence-corrected chi connectivity index (χ0v) is 18.2. The Labute approximate surface area is 182 Å². The average molecular weight is 437 g/mol. The molecule has 0 saturated heterocycles. The highest BCUT2D eigenvalue weighted by molar-refractivity contribution is 7.89. The Kier molecular flexibility index (Phi) is 5.56. The van der Waals surface area contributed by atoms with Crippen LogP contribution in [-0.4, -0.2) is 27.0 Å². The Hall–Kier alpha value is -3.16. The largest absolute Gasteiger partial charge is 0.497 e. The molecule has 0 radical (unpaired) electrons. The summed E-state index contributed by atoms with van der Waals surface area (Å²) in [6.45, 7) is 1.90. The standard InChI is InChI=1S/C24H24N2O4S/c1-24(14-15-24)26-31(28,29)22-9-4-3-8-21(22)17-6-5-7-18(16-17)23(27)25-19-10-12-20(30-2)13-11-19/h3-13,16,26H,14-15H2,1-2H3,(H,25,27). The van der Waals surface area contributed by atoms with Gasteiger partial charge in [0.15, 0.2) is 0 Å². The second kappa shape index (κ2) is 8.17. The molecule has 3 aromatic rings. The van der Waals surface area contributed by atoms with Crippen molar-refractivity contribution in [3.63, 3.8) is 0 Å². The number of sulfonamides is 1. The van der Waals surface area contributed by atoms with Gasteiger partial charge >= 0.3 is 0 Å². The molecule has 1 aliphatic rings. The lowest BCUT2D eigenvalue weighted by molar-refractivity contribution is 0.102. The molecule has 0 unspecified atom stereocenters.